The molecular weight excluding hydrogens is 632 g/mol. The Kier molecular flexibility index (Phi) is 9.87. The van der Waals surface area contributed by atoms with Gasteiger partial charge in [0.1, 0.15) is 11.2 Å². The Labute approximate surface area is 293 Å². The average Bonchev–Trinajstić information content (AvgIpc) is 3.84. The van der Waals surface area contributed by atoms with Crippen molar-refractivity contribution in [2.24, 2.45) is 5.92 Å². The fraction of sp³-hybridized carbons (Fsp3) is 0.526. The molecule has 1 N–H and O–H groups in total. The zero-order chi connectivity index (χ0) is 35.6. The second-order valence-corrected chi connectivity index (χ2v) is 15.5. The van der Waals surface area contributed by atoms with Crippen LogP contribution in [-0.4, -0.2) is 65.7 Å². The summed E-state index contributed by atoms with van der Waals surface area (Å²) in [5.41, 5.74) is 2.62. The smallest absolute Gasteiger partial charge is 0.420 e. The Hall–Kier alpha value is -4.92. The minimum Gasteiger partial charge on any atom is -0.444 e. The lowest BCUT2D eigenvalue weighted by atomic mass is 9.89. The maximum Gasteiger partial charge on any atom is 0.420 e. The number of anilines is 2. The highest BCUT2D eigenvalue weighted by Gasteiger charge is 2.29. The van der Waals surface area contributed by atoms with E-state index in [0.29, 0.717) is 54.0 Å². The van der Waals surface area contributed by atoms with Gasteiger partial charge in [-0.2, -0.15) is 15.3 Å². The van der Waals surface area contributed by atoms with Crippen molar-refractivity contribution < 1.29 is 19.1 Å². The summed E-state index contributed by atoms with van der Waals surface area (Å²) in [5.74, 6) is 1.08. The molecule has 0 bridgehead atoms. The summed E-state index contributed by atoms with van der Waals surface area (Å²) in [6.07, 6.45) is 11.3. The number of amides is 1. The Bertz CT molecular complexity index is 1860. The summed E-state index contributed by atoms with van der Waals surface area (Å²) in [7, 11) is 0. The molecule has 1 aliphatic heterocycles. The Balaban J connectivity index is 1.26. The van der Waals surface area contributed by atoms with Gasteiger partial charge < -0.3 is 19.7 Å². The predicted octanol–water partition coefficient (Wildman–Crippen LogP) is 8.58. The van der Waals surface area contributed by atoms with E-state index in [9.17, 15) is 14.9 Å². The number of piperidine rings is 1. The van der Waals surface area contributed by atoms with Crippen LogP contribution in [-0.2, 0) is 9.47 Å². The maximum absolute atomic E-state index is 13.3. The van der Waals surface area contributed by atoms with Gasteiger partial charge in [-0.15, -0.1) is 0 Å². The third-order valence-electron chi connectivity index (χ3n) is 9.38. The third kappa shape index (κ3) is 8.09. The van der Waals surface area contributed by atoms with Gasteiger partial charge in [-0.25, -0.2) is 19.1 Å². The fourth-order valence-corrected chi connectivity index (χ4v) is 6.99. The quantitative estimate of drug-likeness (QED) is 0.203. The van der Waals surface area contributed by atoms with E-state index in [1.807, 2.05) is 70.6 Å². The van der Waals surface area contributed by atoms with Crippen LogP contribution < -0.4 is 5.32 Å². The molecule has 0 unspecified atom stereocenters. The number of ether oxygens (including phenoxy) is 2. The van der Waals surface area contributed by atoms with Crippen LogP contribution >= 0.6 is 0 Å². The molecule has 12 nitrogen and oxygen atoms in total. The average molecular weight is 681 g/mol. The van der Waals surface area contributed by atoms with Crippen LogP contribution in [0.5, 0.6) is 0 Å². The molecule has 0 radical (unpaired) electrons. The first-order valence-corrected chi connectivity index (χ1v) is 17.7. The van der Waals surface area contributed by atoms with Gasteiger partial charge in [-0.1, -0.05) is 25.0 Å². The Morgan fingerprint density at radius 2 is 1.60 bits per heavy atom. The Morgan fingerprint density at radius 1 is 0.940 bits per heavy atom. The van der Waals surface area contributed by atoms with Gasteiger partial charge in [0.2, 0.25) is 5.95 Å². The molecule has 4 heterocycles. The van der Waals surface area contributed by atoms with Crippen LogP contribution in [0.15, 0.2) is 48.9 Å². The van der Waals surface area contributed by atoms with Crippen molar-refractivity contribution in [3.63, 3.8) is 0 Å². The zero-order valence-electron chi connectivity index (χ0n) is 30.0. The number of benzene rings is 1. The van der Waals surface area contributed by atoms with Crippen molar-refractivity contribution in [2.45, 2.75) is 110 Å². The number of likely N-dealkylation sites (tertiary alicyclic amines) is 1. The molecule has 264 valence electrons. The molecule has 12 heteroatoms. The normalized spacial score (nSPS) is 16.7. The van der Waals surface area contributed by atoms with Gasteiger partial charge in [0.25, 0.3) is 0 Å². The standard InChI is InChI=1S/C38H48N8O4/c1-37(2,3)49-35(47)44-20-16-26(17-21-44)25-11-13-29(14-12-25)41-34-42-32(30-18-22-45(33(30)43-34)36(48)50-38(4,5)6)28-23-40-46(24-28)31(15-19-39)27-9-7-8-10-27/h11-14,18,22-24,26-27,31H,7-10,15-17,20-21H2,1-6H3,(H,41,42,43)/t31-/m0/s1. The molecule has 2 aliphatic rings. The monoisotopic (exact) mass is 680 g/mol. The molecule has 1 aromatic carbocycles. The number of rotatable bonds is 7. The second-order valence-electron chi connectivity index (χ2n) is 15.5. The summed E-state index contributed by atoms with van der Waals surface area (Å²) < 4.78 is 14.6. The SMILES string of the molecule is CC(C)(C)OC(=O)N1CCC(c2ccc(Nc3nc(-c4cnn([C@@H](CC#N)C5CCCC5)c4)c4ccn(C(=O)OC(C)(C)C)c4n3)cc2)CC1. The molecule has 1 aliphatic carbocycles. The molecule has 2 fully saturated rings. The van der Waals surface area contributed by atoms with E-state index in [4.69, 9.17) is 24.5 Å². The molecule has 1 saturated carbocycles. The Morgan fingerprint density at radius 3 is 2.24 bits per heavy atom. The number of carbonyl (C=O) groups is 2. The summed E-state index contributed by atoms with van der Waals surface area (Å²) in [6.45, 7) is 12.4. The number of nitriles is 1. The van der Waals surface area contributed by atoms with Crippen LogP contribution in [0.3, 0.4) is 0 Å². The summed E-state index contributed by atoms with van der Waals surface area (Å²) in [6, 6.07) is 12.4. The summed E-state index contributed by atoms with van der Waals surface area (Å²) in [4.78, 5) is 37.3. The second kappa shape index (κ2) is 14.1. The van der Waals surface area contributed by atoms with E-state index in [1.165, 1.54) is 23.0 Å². The van der Waals surface area contributed by atoms with Crippen LogP contribution in [0.25, 0.3) is 22.3 Å². The van der Waals surface area contributed by atoms with E-state index in [0.717, 1.165) is 36.9 Å². The van der Waals surface area contributed by atoms with Crippen LogP contribution in [0.1, 0.15) is 104 Å². The van der Waals surface area contributed by atoms with Crippen molar-refractivity contribution in [1.29, 1.82) is 5.26 Å². The summed E-state index contributed by atoms with van der Waals surface area (Å²) >= 11 is 0. The van der Waals surface area contributed by atoms with Gasteiger partial charge in [-0.05, 0) is 103 Å². The van der Waals surface area contributed by atoms with Gasteiger partial charge in [0.15, 0.2) is 5.65 Å². The first-order chi connectivity index (χ1) is 23.8. The topological polar surface area (TPSA) is 140 Å². The molecule has 4 aromatic rings. The highest BCUT2D eigenvalue weighted by atomic mass is 16.6. The van der Waals surface area contributed by atoms with E-state index in [2.05, 4.69) is 23.5 Å². The zero-order valence-corrected chi connectivity index (χ0v) is 30.0. The molecule has 0 spiro atoms. The number of aromatic nitrogens is 5. The van der Waals surface area contributed by atoms with E-state index >= 15 is 0 Å². The van der Waals surface area contributed by atoms with Crippen LogP contribution in [0, 0.1) is 17.2 Å². The minimum atomic E-state index is -0.685. The molecule has 1 atom stereocenters. The highest BCUT2D eigenvalue weighted by molar-refractivity contribution is 5.96. The number of fused-ring (bicyclic) bond motifs is 1. The van der Waals surface area contributed by atoms with E-state index in [-0.39, 0.29) is 12.1 Å². The van der Waals surface area contributed by atoms with Crippen molar-refractivity contribution in [2.75, 3.05) is 18.4 Å². The number of nitrogens with one attached hydrogen (secondary N) is 1. The molecular formula is C38H48N8O4. The first-order valence-electron chi connectivity index (χ1n) is 17.7. The number of nitrogens with zero attached hydrogens (tertiary/aromatic N) is 7. The van der Waals surface area contributed by atoms with Crippen LogP contribution in [0.4, 0.5) is 21.2 Å². The number of hydrogen-bond acceptors (Lipinski definition) is 9. The van der Waals surface area contributed by atoms with Gasteiger partial charge >= 0.3 is 12.2 Å². The van der Waals surface area contributed by atoms with Gasteiger partial charge in [-0.3, -0.25) is 4.68 Å². The predicted molar refractivity (Wildman–Crippen MR) is 191 cm³/mol. The highest BCUT2D eigenvalue weighted by Crippen LogP contribution is 2.37. The molecule has 6 rings (SSSR count). The van der Waals surface area contributed by atoms with Gasteiger partial charge in [0.05, 0.1) is 30.4 Å². The van der Waals surface area contributed by atoms with E-state index in [1.54, 1.807) is 17.3 Å². The number of carbonyl (C=O) groups excluding carboxylic acids is 2. The first kappa shape index (κ1) is 34.9. The lowest BCUT2D eigenvalue weighted by molar-refractivity contribution is 0.0204. The van der Waals surface area contributed by atoms with Crippen molar-refractivity contribution in [1.82, 2.24) is 29.2 Å². The van der Waals surface area contributed by atoms with Gasteiger partial charge in [0, 0.05) is 42.1 Å². The lowest BCUT2D eigenvalue weighted by Crippen LogP contribution is -2.41. The third-order valence-corrected chi connectivity index (χ3v) is 9.38. The molecule has 50 heavy (non-hydrogen) atoms. The lowest BCUT2D eigenvalue weighted by Gasteiger charge is -2.33. The van der Waals surface area contributed by atoms with Crippen molar-refractivity contribution >= 4 is 34.9 Å². The van der Waals surface area contributed by atoms with E-state index < -0.39 is 17.3 Å². The van der Waals surface area contributed by atoms with Crippen molar-refractivity contribution in [3.8, 4) is 17.3 Å². The molecule has 3 aromatic heterocycles. The minimum absolute atomic E-state index is 0.000553. The fourth-order valence-electron chi connectivity index (χ4n) is 6.99. The number of hydrogen-bond donors (Lipinski definition) is 1. The molecule has 1 amide bonds. The largest absolute Gasteiger partial charge is 0.444 e. The maximum atomic E-state index is 13.3. The molecule has 1 saturated heterocycles. The summed E-state index contributed by atoms with van der Waals surface area (Å²) in [5, 5.41) is 18.4. The van der Waals surface area contributed by atoms with Crippen molar-refractivity contribution in [3.05, 3.63) is 54.5 Å². The van der Waals surface area contributed by atoms with Crippen LogP contribution in [0.2, 0.25) is 0 Å².